The van der Waals surface area contributed by atoms with Crippen molar-refractivity contribution >= 4 is 21.9 Å². The molecule has 1 aliphatic rings. The van der Waals surface area contributed by atoms with Gasteiger partial charge in [0.05, 0.1) is 17.7 Å². The van der Waals surface area contributed by atoms with Gasteiger partial charge in [-0.2, -0.15) is 4.98 Å². The minimum absolute atomic E-state index is 0.0473. The van der Waals surface area contributed by atoms with Gasteiger partial charge in [-0.15, -0.1) is 0 Å². The van der Waals surface area contributed by atoms with Crippen molar-refractivity contribution in [2.24, 2.45) is 0 Å². The molecule has 1 amide bonds. The van der Waals surface area contributed by atoms with E-state index in [0.29, 0.717) is 24.3 Å². The number of aromatic nitrogens is 2. The number of nitrogens with one attached hydrogen (secondary N) is 1. The highest BCUT2D eigenvalue weighted by atomic mass is 32.2. The molecule has 218 valence electrons. The van der Waals surface area contributed by atoms with E-state index in [0.717, 1.165) is 42.7 Å². The largest absolute Gasteiger partial charge is 0.481 e. The summed E-state index contributed by atoms with van der Waals surface area (Å²) in [5.41, 5.74) is 4.97. The smallest absolute Gasteiger partial charge is 0.264 e. The fraction of sp³-hybridized carbons (Fsp3) is 0.281. The average Bonchev–Trinajstić information content (AvgIpc) is 3.22. The van der Waals surface area contributed by atoms with Crippen molar-refractivity contribution in [3.63, 3.8) is 0 Å². The van der Waals surface area contributed by atoms with E-state index in [2.05, 4.69) is 31.7 Å². The first-order chi connectivity index (χ1) is 20.2. The molecule has 3 aromatic carbocycles. The van der Waals surface area contributed by atoms with Gasteiger partial charge in [0.2, 0.25) is 11.8 Å². The molecule has 0 bridgehead atoms. The Labute approximate surface area is 247 Å². The van der Waals surface area contributed by atoms with Crippen LogP contribution in [0.15, 0.2) is 83.8 Å². The average molecular weight is 586 g/mol. The van der Waals surface area contributed by atoms with Crippen LogP contribution in [0.3, 0.4) is 0 Å². The second kappa shape index (κ2) is 12.7. The minimum atomic E-state index is -4.10. The summed E-state index contributed by atoms with van der Waals surface area (Å²) in [5, 5.41) is 0. The molecule has 10 heteroatoms. The van der Waals surface area contributed by atoms with Gasteiger partial charge in [0.1, 0.15) is 0 Å². The number of anilines is 1. The van der Waals surface area contributed by atoms with Crippen LogP contribution in [0.5, 0.6) is 5.88 Å². The Balaban J connectivity index is 1.33. The number of carbonyl (C=O) groups excluding carboxylic acids is 1. The van der Waals surface area contributed by atoms with Crippen molar-refractivity contribution in [2.75, 3.05) is 38.0 Å². The van der Waals surface area contributed by atoms with E-state index in [1.807, 2.05) is 50.2 Å². The molecule has 0 saturated carbocycles. The lowest BCUT2D eigenvalue weighted by molar-refractivity contribution is 0.0761. The maximum Gasteiger partial charge on any atom is 0.264 e. The maximum atomic E-state index is 13.5. The Bertz CT molecular complexity index is 1660. The van der Waals surface area contributed by atoms with Crippen molar-refractivity contribution in [3.8, 4) is 17.1 Å². The predicted molar refractivity (Wildman–Crippen MR) is 163 cm³/mol. The molecule has 1 fully saturated rings. The number of amides is 1. The number of hydrogen-bond acceptors (Lipinski definition) is 7. The van der Waals surface area contributed by atoms with Crippen molar-refractivity contribution in [2.45, 2.75) is 31.7 Å². The van der Waals surface area contributed by atoms with Gasteiger partial charge >= 0.3 is 0 Å². The van der Waals surface area contributed by atoms with Crippen molar-refractivity contribution in [1.82, 2.24) is 19.8 Å². The van der Waals surface area contributed by atoms with Gasteiger partial charge in [0.15, 0.2) is 0 Å². The van der Waals surface area contributed by atoms with Crippen LogP contribution < -0.4 is 9.46 Å². The van der Waals surface area contributed by atoms with Crippen LogP contribution in [0, 0.1) is 13.8 Å². The van der Waals surface area contributed by atoms with Crippen molar-refractivity contribution in [3.05, 3.63) is 101 Å². The van der Waals surface area contributed by atoms with Crippen LogP contribution in [-0.2, 0) is 16.6 Å². The molecule has 4 aromatic rings. The van der Waals surface area contributed by atoms with Crippen LogP contribution in [0.25, 0.3) is 11.3 Å². The summed E-state index contributed by atoms with van der Waals surface area (Å²) < 4.78 is 34.7. The van der Waals surface area contributed by atoms with E-state index < -0.39 is 10.0 Å². The van der Waals surface area contributed by atoms with Gasteiger partial charge in [-0.1, -0.05) is 54.6 Å². The summed E-state index contributed by atoms with van der Waals surface area (Å²) in [6.07, 6.45) is 0.841. The third-order valence-corrected chi connectivity index (χ3v) is 8.72. The van der Waals surface area contributed by atoms with E-state index in [-0.39, 0.29) is 22.6 Å². The molecule has 9 nitrogen and oxygen atoms in total. The van der Waals surface area contributed by atoms with Gasteiger partial charge in [-0.25, -0.2) is 18.1 Å². The molecule has 42 heavy (non-hydrogen) atoms. The lowest BCUT2D eigenvalue weighted by Crippen LogP contribution is -2.35. The number of ether oxygens (including phenoxy) is 1. The maximum absolute atomic E-state index is 13.5. The van der Waals surface area contributed by atoms with Crippen LogP contribution >= 0.6 is 0 Å². The van der Waals surface area contributed by atoms with E-state index in [9.17, 15) is 13.2 Å². The van der Waals surface area contributed by atoms with Crippen LogP contribution in [0.2, 0.25) is 0 Å². The number of aryl methyl sites for hydroxylation is 2. The van der Waals surface area contributed by atoms with Gasteiger partial charge in [-0.3, -0.25) is 9.69 Å². The molecule has 5 rings (SSSR count). The zero-order valence-corrected chi connectivity index (χ0v) is 24.9. The monoisotopic (exact) mass is 585 g/mol. The molecular formula is C32H35N5O4S. The number of hydrogen-bond donors (Lipinski definition) is 1. The highest BCUT2D eigenvalue weighted by Crippen LogP contribution is 2.29. The zero-order valence-electron chi connectivity index (χ0n) is 24.1. The van der Waals surface area contributed by atoms with E-state index in [1.54, 1.807) is 23.1 Å². The third kappa shape index (κ3) is 6.78. The highest BCUT2D eigenvalue weighted by molar-refractivity contribution is 7.92. The number of sulfonamides is 1. The lowest BCUT2D eigenvalue weighted by atomic mass is 10.00. The first-order valence-corrected chi connectivity index (χ1v) is 15.4. The number of nitrogens with zero attached hydrogens (tertiary/aromatic N) is 4. The summed E-state index contributed by atoms with van der Waals surface area (Å²) >= 11 is 0. The molecule has 2 heterocycles. The summed E-state index contributed by atoms with van der Waals surface area (Å²) in [5.74, 6) is -0.0786. The molecule has 0 radical (unpaired) electrons. The normalized spacial score (nSPS) is 14.3. The number of methoxy groups -OCH3 is 1. The number of carbonyl (C=O) groups is 1. The number of rotatable bonds is 8. The SMILES string of the molecule is COc1cc(-c2c(C)cccc2C)nc(NS(=O)(=O)c2cccc(C(=O)N3CCCN(Cc4ccccc4)CC3)c2)n1. The minimum Gasteiger partial charge on any atom is -0.481 e. The molecule has 1 N–H and O–H groups in total. The zero-order chi connectivity index (χ0) is 29.7. The summed E-state index contributed by atoms with van der Waals surface area (Å²) in [7, 11) is -2.64. The Morgan fingerprint density at radius 3 is 2.36 bits per heavy atom. The molecule has 0 aliphatic carbocycles. The van der Waals surface area contributed by atoms with Crippen LogP contribution in [0.4, 0.5) is 5.95 Å². The van der Waals surface area contributed by atoms with Crippen LogP contribution in [-0.4, -0.2) is 67.4 Å². The van der Waals surface area contributed by atoms with E-state index in [4.69, 9.17) is 4.74 Å². The van der Waals surface area contributed by atoms with Crippen molar-refractivity contribution < 1.29 is 17.9 Å². The molecular weight excluding hydrogens is 550 g/mol. The quantitative estimate of drug-likeness (QED) is 0.313. The topological polar surface area (TPSA) is 105 Å². The van der Waals surface area contributed by atoms with Gasteiger partial charge in [-0.05, 0) is 55.2 Å². The first-order valence-electron chi connectivity index (χ1n) is 13.9. The fourth-order valence-electron chi connectivity index (χ4n) is 5.25. The van der Waals surface area contributed by atoms with E-state index >= 15 is 0 Å². The third-order valence-electron chi connectivity index (χ3n) is 7.39. The molecule has 0 spiro atoms. The second-order valence-electron chi connectivity index (χ2n) is 10.4. The Kier molecular flexibility index (Phi) is 8.84. The lowest BCUT2D eigenvalue weighted by Gasteiger charge is -2.22. The Hall–Kier alpha value is -4.28. The first kappa shape index (κ1) is 29.2. The fourth-order valence-corrected chi connectivity index (χ4v) is 6.24. The van der Waals surface area contributed by atoms with Gasteiger partial charge in [0.25, 0.3) is 15.9 Å². The van der Waals surface area contributed by atoms with Gasteiger partial charge < -0.3 is 9.64 Å². The summed E-state index contributed by atoms with van der Waals surface area (Å²) in [6, 6.07) is 23.9. The highest BCUT2D eigenvalue weighted by Gasteiger charge is 2.24. The molecule has 0 atom stereocenters. The Morgan fingerprint density at radius 1 is 0.881 bits per heavy atom. The summed E-state index contributed by atoms with van der Waals surface area (Å²) in [4.78, 5) is 26.3. The molecule has 1 aliphatic heterocycles. The van der Waals surface area contributed by atoms with Crippen molar-refractivity contribution in [1.29, 1.82) is 0 Å². The van der Waals surface area contributed by atoms with E-state index in [1.165, 1.54) is 24.8 Å². The predicted octanol–water partition coefficient (Wildman–Crippen LogP) is 4.92. The van der Waals surface area contributed by atoms with Crippen LogP contribution in [0.1, 0.15) is 33.5 Å². The molecule has 1 saturated heterocycles. The Morgan fingerprint density at radius 2 is 1.62 bits per heavy atom. The molecule has 1 aromatic heterocycles. The summed E-state index contributed by atoms with van der Waals surface area (Å²) in [6.45, 7) is 7.58. The second-order valence-corrected chi connectivity index (χ2v) is 12.1. The number of benzene rings is 3. The van der Waals surface area contributed by atoms with Gasteiger partial charge in [0, 0.05) is 49.9 Å². The standard InChI is InChI=1S/C32H35N5O4S/c1-23-10-7-11-24(2)30(23)28-21-29(41-3)34-32(33-28)35-42(39,40)27-15-8-14-26(20-27)31(38)37-17-9-16-36(18-19-37)22-25-12-5-4-6-13-25/h4-8,10-15,20-21H,9,16-19,22H2,1-3H3,(H,33,34,35). The molecule has 0 unspecified atom stereocenters.